The Morgan fingerprint density at radius 2 is 1.94 bits per heavy atom. The van der Waals surface area contributed by atoms with Gasteiger partial charge in [0, 0.05) is 49.5 Å². The third-order valence-electron chi connectivity index (χ3n) is 9.18. The van der Waals surface area contributed by atoms with E-state index in [2.05, 4.69) is 20.4 Å². The fraction of sp³-hybridized carbons (Fsp3) is 0.692. The van der Waals surface area contributed by atoms with Gasteiger partial charge in [-0.15, -0.1) is 0 Å². The topological polar surface area (TPSA) is 71.4 Å². The third-order valence-corrected chi connectivity index (χ3v) is 9.18. The van der Waals surface area contributed by atoms with Gasteiger partial charge in [0.25, 0.3) is 0 Å². The summed E-state index contributed by atoms with van der Waals surface area (Å²) in [5, 5.41) is 16.1. The van der Waals surface area contributed by atoms with E-state index < -0.39 is 5.82 Å². The highest BCUT2D eigenvalue weighted by Crippen LogP contribution is 2.41. The molecule has 6 nitrogen and oxygen atoms in total. The molecular weight excluding hydrogens is 417 g/mol. The minimum absolute atomic E-state index is 0.112. The largest absolute Gasteiger partial charge is 0.368 e. The highest BCUT2D eigenvalue weighted by atomic mass is 19.1. The molecule has 5 fully saturated rings. The molecule has 1 amide bonds. The van der Waals surface area contributed by atoms with Gasteiger partial charge in [0.2, 0.25) is 5.91 Å². The molecule has 6 rings (SSSR count). The number of benzene rings is 1. The second kappa shape index (κ2) is 8.56. The molecule has 5 aliphatic rings. The van der Waals surface area contributed by atoms with E-state index in [1.807, 2.05) is 12.1 Å². The molecule has 1 aromatic carbocycles. The Labute approximate surface area is 195 Å². The molecule has 2 bridgehead atoms. The Morgan fingerprint density at radius 3 is 2.70 bits per heavy atom. The number of nitriles is 1. The Kier molecular flexibility index (Phi) is 5.54. The quantitative estimate of drug-likeness (QED) is 0.739. The van der Waals surface area contributed by atoms with Crippen molar-refractivity contribution >= 4 is 11.6 Å². The molecule has 1 aliphatic carbocycles. The highest BCUT2D eigenvalue weighted by Gasteiger charge is 2.48. The first kappa shape index (κ1) is 21.4. The standard InChI is InChI=1S/C26H34FN5O/c27-23-11-18(5-4-17(23)12-28)31-14-19-6-7-20(15-31)32(19)13-16-3-8-21-24(10-16)30-26(33)22-2-1-9-29-25(21)22/h4-5,11,16,19-22,24-25,29H,1-3,6-10,13-15H2,(H,30,33). The highest BCUT2D eigenvalue weighted by molar-refractivity contribution is 5.81. The average molecular weight is 452 g/mol. The summed E-state index contributed by atoms with van der Waals surface area (Å²) in [5.74, 6) is 1.24. The van der Waals surface area contributed by atoms with Crippen LogP contribution in [-0.4, -0.2) is 61.2 Å². The summed E-state index contributed by atoms with van der Waals surface area (Å²) < 4.78 is 14.2. The van der Waals surface area contributed by atoms with Crippen molar-refractivity contribution in [3.8, 4) is 6.07 Å². The van der Waals surface area contributed by atoms with E-state index in [0.29, 0.717) is 36.0 Å². The van der Waals surface area contributed by atoms with Crippen LogP contribution in [0.4, 0.5) is 10.1 Å². The SMILES string of the molecule is N#Cc1ccc(N2CC3CCC(C2)N3CC2CCC3C(C2)NC(=O)C2CCCNC23)cc1F. The van der Waals surface area contributed by atoms with Gasteiger partial charge in [0.1, 0.15) is 11.9 Å². The van der Waals surface area contributed by atoms with E-state index in [4.69, 9.17) is 5.26 Å². The number of carbonyl (C=O) groups is 1. The number of fused-ring (bicyclic) bond motifs is 5. The zero-order valence-corrected chi connectivity index (χ0v) is 19.2. The van der Waals surface area contributed by atoms with Crippen molar-refractivity contribution in [1.82, 2.24) is 15.5 Å². The van der Waals surface area contributed by atoms with E-state index in [1.54, 1.807) is 6.07 Å². The summed E-state index contributed by atoms with van der Waals surface area (Å²) >= 11 is 0. The number of nitrogens with one attached hydrogen (secondary N) is 2. The lowest BCUT2D eigenvalue weighted by molar-refractivity contribution is -0.133. The lowest BCUT2D eigenvalue weighted by atomic mass is 9.67. The maximum absolute atomic E-state index is 14.2. The van der Waals surface area contributed by atoms with Crippen LogP contribution in [0.2, 0.25) is 0 Å². The van der Waals surface area contributed by atoms with E-state index in [-0.39, 0.29) is 17.4 Å². The van der Waals surface area contributed by atoms with Crippen LogP contribution in [0, 0.1) is 34.9 Å². The lowest BCUT2D eigenvalue weighted by Gasteiger charge is -2.50. The van der Waals surface area contributed by atoms with Crippen LogP contribution in [0.3, 0.4) is 0 Å². The maximum atomic E-state index is 14.2. The monoisotopic (exact) mass is 451 g/mol. The van der Waals surface area contributed by atoms with Gasteiger partial charge in [-0.1, -0.05) is 0 Å². The van der Waals surface area contributed by atoms with E-state index in [0.717, 1.165) is 51.1 Å². The molecule has 1 saturated carbocycles. The van der Waals surface area contributed by atoms with Crippen molar-refractivity contribution in [2.75, 3.05) is 31.1 Å². The number of piperidine rings is 2. The smallest absolute Gasteiger partial charge is 0.224 e. The second-order valence-electron chi connectivity index (χ2n) is 10.9. The number of hydrogen-bond acceptors (Lipinski definition) is 5. The fourth-order valence-corrected chi connectivity index (χ4v) is 7.58. The molecule has 176 valence electrons. The van der Waals surface area contributed by atoms with Gasteiger partial charge in [-0.2, -0.15) is 5.26 Å². The van der Waals surface area contributed by atoms with Crippen LogP contribution in [0.5, 0.6) is 0 Å². The fourth-order valence-electron chi connectivity index (χ4n) is 7.58. The summed E-state index contributed by atoms with van der Waals surface area (Å²) in [6.07, 6.45) is 8.10. The van der Waals surface area contributed by atoms with Crippen LogP contribution in [0.1, 0.15) is 50.5 Å². The van der Waals surface area contributed by atoms with E-state index in [1.165, 1.54) is 31.7 Å². The summed E-state index contributed by atoms with van der Waals surface area (Å²) in [4.78, 5) is 17.7. The molecule has 0 aromatic heterocycles. The minimum atomic E-state index is -0.425. The molecule has 4 aliphatic heterocycles. The summed E-state index contributed by atoms with van der Waals surface area (Å²) in [6.45, 7) is 4.01. The van der Waals surface area contributed by atoms with Crippen molar-refractivity contribution in [3.05, 3.63) is 29.6 Å². The predicted molar refractivity (Wildman–Crippen MR) is 124 cm³/mol. The number of rotatable bonds is 3. The molecule has 2 N–H and O–H groups in total. The van der Waals surface area contributed by atoms with Crippen LogP contribution in [0.15, 0.2) is 18.2 Å². The third kappa shape index (κ3) is 3.81. The van der Waals surface area contributed by atoms with Gasteiger partial charge in [-0.05, 0) is 81.5 Å². The van der Waals surface area contributed by atoms with Gasteiger partial charge in [0.15, 0.2) is 0 Å². The summed E-state index contributed by atoms with van der Waals surface area (Å²) in [6, 6.07) is 8.63. The first-order chi connectivity index (χ1) is 16.1. The van der Waals surface area contributed by atoms with Crippen molar-refractivity contribution < 1.29 is 9.18 Å². The van der Waals surface area contributed by atoms with Gasteiger partial charge >= 0.3 is 0 Å². The Balaban J connectivity index is 1.09. The Morgan fingerprint density at radius 1 is 1.12 bits per heavy atom. The molecule has 7 unspecified atom stereocenters. The van der Waals surface area contributed by atoms with E-state index >= 15 is 0 Å². The van der Waals surface area contributed by atoms with Crippen LogP contribution >= 0.6 is 0 Å². The lowest BCUT2D eigenvalue weighted by Crippen LogP contribution is -2.65. The van der Waals surface area contributed by atoms with E-state index in [9.17, 15) is 9.18 Å². The predicted octanol–water partition coefficient (Wildman–Crippen LogP) is 2.63. The number of carbonyl (C=O) groups excluding carboxylic acids is 1. The molecule has 4 saturated heterocycles. The second-order valence-corrected chi connectivity index (χ2v) is 10.9. The van der Waals surface area contributed by atoms with Crippen molar-refractivity contribution in [3.63, 3.8) is 0 Å². The maximum Gasteiger partial charge on any atom is 0.224 e. The first-order valence-electron chi connectivity index (χ1n) is 12.8. The van der Waals surface area contributed by atoms with Gasteiger partial charge in [0.05, 0.1) is 11.5 Å². The summed E-state index contributed by atoms with van der Waals surface area (Å²) in [5.41, 5.74) is 1.00. The zero-order valence-electron chi connectivity index (χ0n) is 19.2. The molecule has 7 atom stereocenters. The minimum Gasteiger partial charge on any atom is -0.368 e. The number of halogens is 1. The number of nitrogens with zero attached hydrogens (tertiary/aromatic N) is 3. The number of amides is 1. The molecule has 0 spiro atoms. The molecule has 4 heterocycles. The Bertz CT molecular complexity index is 948. The zero-order chi connectivity index (χ0) is 22.5. The van der Waals surface area contributed by atoms with Gasteiger partial charge in [-0.25, -0.2) is 4.39 Å². The molecule has 33 heavy (non-hydrogen) atoms. The molecule has 7 heteroatoms. The van der Waals surface area contributed by atoms with Crippen molar-refractivity contribution in [2.45, 2.75) is 69.1 Å². The molecule has 0 radical (unpaired) electrons. The molecule has 1 aromatic rings. The van der Waals surface area contributed by atoms with Gasteiger partial charge in [-0.3, -0.25) is 9.69 Å². The number of anilines is 1. The average Bonchev–Trinajstić information content (AvgIpc) is 3.05. The summed E-state index contributed by atoms with van der Waals surface area (Å²) in [7, 11) is 0. The molecular formula is C26H34FN5O. The van der Waals surface area contributed by atoms with Crippen molar-refractivity contribution in [2.24, 2.45) is 17.8 Å². The van der Waals surface area contributed by atoms with Crippen LogP contribution in [0.25, 0.3) is 0 Å². The van der Waals surface area contributed by atoms with Crippen LogP contribution in [-0.2, 0) is 4.79 Å². The normalized spacial score (nSPS) is 38.2. The Hall–Kier alpha value is -2.17. The van der Waals surface area contributed by atoms with Gasteiger partial charge < -0.3 is 15.5 Å². The first-order valence-corrected chi connectivity index (χ1v) is 12.8. The number of piperazine rings is 1. The number of hydrogen-bond donors (Lipinski definition) is 2. The van der Waals surface area contributed by atoms with Crippen molar-refractivity contribution in [1.29, 1.82) is 5.26 Å². The van der Waals surface area contributed by atoms with Crippen LogP contribution < -0.4 is 15.5 Å².